The van der Waals surface area contributed by atoms with E-state index in [9.17, 15) is 19.8 Å². The highest BCUT2D eigenvalue weighted by molar-refractivity contribution is 5.84. The van der Waals surface area contributed by atoms with E-state index in [1.54, 1.807) is 0 Å². The molecule has 0 saturated heterocycles. The number of aliphatic hydroxyl groups is 2. The van der Waals surface area contributed by atoms with E-state index in [0.717, 1.165) is 44.9 Å². The number of rotatable bonds is 13. The predicted octanol–water partition coefficient (Wildman–Crippen LogP) is 3.87. The van der Waals surface area contributed by atoms with Crippen molar-refractivity contribution in [3.8, 4) is 0 Å². The van der Waals surface area contributed by atoms with Crippen LogP contribution in [0.3, 0.4) is 0 Å². The lowest BCUT2D eigenvalue weighted by atomic mass is 9.87. The fourth-order valence-electron chi connectivity index (χ4n) is 3.72. The Morgan fingerprint density at radius 2 is 1.92 bits per heavy atom. The summed E-state index contributed by atoms with van der Waals surface area (Å²) in [6.45, 7) is 3.93. The van der Waals surface area contributed by atoms with Gasteiger partial charge < -0.3 is 15.3 Å². The number of hydrogen-bond acceptors (Lipinski definition) is 4. The molecule has 1 rings (SSSR count). The zero-order valence-corrected chi connectivity index (χ0v) is 16.3. The van der Waals surface area contributed by atoms with Crippen LogP contribution in [0.1, 0.15) is 84.5 Å². The SMILES string of the molecule is CCCC[C@](C)(O)C/C=C/[C@H]1[C@@H](O)CC(=O)[C@@H]1CCCCCCC(=O)O. The average Bonchev–Trinajstić information content (AvgIpc) is 2.82. The molecular formula is C21H36O5. The fraction of sp³-hybridized carbons (Fsp3) is 0.810. The summed E-state index contributed by atoms with van der Waals surface area (Å²) in [5.41, 5.74) is -0.736. The van der Waals surface area contributed by atoms with Crippen LogP contribution in [0, 0.1) is 11.8 Å². The first-order chi connectivity index (χ1) is 12.3. The van der Waals surface area contributed by atoms with Crippen molar-refractivity contribution in [3.05, 3.63) is 12.2 Å². The summed E-state index contributed by atoms with van der Waals surface area (Å²) in [6.07, 6.45) is 11.0. The first-order valence-electron chi connectivity index (χ1n) is 10.1. The molecule has 150 valence electrons. The molecule has 0 radical (unpaired) electrons. The molecule has 0 spiro atoms. The van der Waals surface area contributed by atoms with Gasteiger partial charge in [0.15, 0.2) is 0 Å². The minimum Gasteiger partial charge on any atom is -0.481 e. The first kappa shape index (κ1) is 22.8. The maximum Gasteiger partial charge on any atom is 0.303 e. The zero-order valence-electron chi connectivity index (χ0n) is 16.3. The van der Waals surface area contributed by atoms with Gasteiger partial charge in [-0.2, -0.15) is 0 Å². The molecule has 3 N–H and O–H groups in total. The number of carbonyl (C=O) groups is 2. The number of ketones is 1. The monoisotopic (exact) mass is 368 g/mol. The van der Waals surface area contributed by atoms with Gasteiger partial charge in [0.1, 0.15) is 5.78 Å². The number of carbonyl (C=O) groups excluding carboxylic acids is 1. The van der Waals surface area contributed by atoms with Crippen LogP contribution < -0.4 is 0 Å². The second-order valence-electron chi connectivity index (χ2n) is 8.00. The quantitative estimate of drug-likeness (QED) is 0.339. The second kappa shape index (κ2) is 11.5. The molecule has 0 aromatic carbocycles. The number of carboxylic acids is 1. The van der Waals surface area contributed by atoms with Crippen molar-refractivity contribution in [1.29, 1.82) is 0 Å². The number of aliphatic hydroxyl groups excluding tert-OH is 1. The van der Waals surface area contributed by atoms with Crippen LogP contribution in [0.15, 0.2) is 12.2 Å². The third-order valence-corrected chi connectivity index (χ3v) is 5.37. The van der Waals surface area contributed by atoms with E-state index >= 15 is 0 Å². The Labute approximate surface area is 157 Å². The smallest absolute Gasteiger partial charge is 0.303 e. The normalized spacial score (nSPS) is 25.7. The van der Waals surface area contributed by atoms with Crippen LogP contribution in [0.2, 0.25) is 0 Å². The molecule has 1 fully saturated rings. The largest absolute Gasteiger partial charge is 0.481 e. The number of carboxylic acid groups (broad SMARTS) is 1. The molecule has 1 aliphatic rings. The second-order valence-corrected chi connectivity index (χ2v) is 8.00. The van der Waals surface area contributed by atoms with Crippen LogP contribution in [0.4, 0.5) is 0 Å². The molecule has 0 aromatic heterocycles. The molecule has 5 heteroatoms. The minimum atomic E-state index is -0.765. The van der Waals surface area contributed by atoms with Crippen LogP contribution >= 0.6 is 0 Å². The standard InChI is InChI=1S/C21H36O5/c1-3-4-13-21(2,26)14-9-11-17-16(18(22)15-19(17)23)10-7-5-6-8-12-20(24)25/h9,11,16-17,19,23,26H,3-8,10,12-15H2,1-2H3,(H,24,25)/b11-9+/t16-,17-,19+,21+/m1/s1. The summed E-state index contributed by atoms with van der Waals surface area (Å²) in [6, 6.07) is 0. The molecule has 0 aliphatic heterocycles. The summed E-state index contributed by atoms with van der Waals surface area (Å²) in [5, 5.41) is 29.2. The Morgan fingerprint density at radius 3 is 2.58 bits per heavy atom. The van der Waals surface area contributed by atoms with E-state index in [2.05, 4.69) is 6.92 Å². The summed E-state index contributed by atoms with van der Waals surface area (Å²) in [5.74, 6) is -0.959. The topological polar surface area (TPSA) is 94.8 Å². The first-order valence-corrected chi connectivity index (χ1v) is 10.1. The van der Waals surface area contributed by atoms with Crippen molar-refractivity contribution >= 4 is 11.8 Å². The third kappa shape index (κ3) is 8.45. The van der Waals surface area contributed by atoms with Crippen molar-refractivity contribution < 1.29 is 24.9 Å². The molecule has 0 aromatic rings. The number of unbranched alkanes of at least 4 members (excludes halogenated alkanes) is 4. The summed E-state index contributed by atoms with van der Waals surface area (Å²) >= 11 is 0. The van der Waals surface area contributed by atoms with Crippen LogP contribution in [0.25, 0.3) is 0 Å². The highest BCUT2D eigenvalue weighted by Gasteiger charge is 2.39. The van der Waals surface area contributed by atoms with E-state index in [1.807, 2.05) is 19.1 Å². The molecule has 26 heavy (non-hydrogen) atoms. The Kier molecular flexibility index (Phi) is 10.1. The summed E-state index contributed by atoms with van der Waals surface area (Å²) in [7, 11) is 0. The third-order valence-electron chi connectivity index (χ3n) is 5.37. The Hall–Kier alpha value is -1.20. The Balaban J connectivity index is 2.44. The maximum absolute atomic E-state index is 12.2. The average molecular weight is 369 g/mol. The highest BCUT2D eigenvalue weighted by atomic mass is 16.4. The molecule has 0 bridgehead atoms. The lowest BCUT2D eigenvalue weighted by Gasteiger charge is -2.22. The van der Waals surface area contributed by atoms with Gasteiger partial charge >= 0.3 is 5.97 Å². The highest BCUT2D eigenvalue weighted by Crippen LogP contribution is 2.34. The molecule has 1 saturated carbocycles. The summed E-state index contributed by atoms with van der Waals surface area (Å²) in [4.78, 5) is 22.7. The summed E-state index contributed by atoms with van der Waals surface area (Å²) < 4.78 is 0. The lowest BCUT2D eigenvalue weighted by Crippen LogP contribution is -2.23. The number of hydrogen-bond donors (Lipinski definition) is 3. The molecule has 0 unspecified atom stereocenters. The van der Waals surface area contributed by atoms with Crippen molar-refractivity contribution in [2.75, 3.05) is 0 Å². The Morgan fingerprint density at radius 1 is 1.23 bits per heavy atom. The van der Waals surface area contributed by atoms with Gasteiger partial charge in [-0.25, -0.2) is 0 Å². The van der Waals surface area contributed by atoms with Gasteiger partial charge in [0.05, 0.1) is 11.7 Å². The van der Waals surface area contributed by atoms with E-state index in [-0.39, 0.29) is 30.5 Å². The van der Waals surface area contributed by atoms with E-state index in [4.69, 9.17) is 5.11 Å². The van der Waals surface area contributed by atoms with Gasteiger partial charge in [0, 0.05) is 24.7 Å². The lowest BCUT2D eigenvalue weighted by molar-refractivity contribution is -0.137. The molecular weight excluding hydrogens is 332 g/mol. The zero-order chi connectivity index (χ0) is 19.6. The molecule has 4 atom stereocenters. The minimum absolute atomic E-state index is 0.121. The van der Waals surface area contributed by atoms with Crippen LogP contribution in [-0.4, -0.2) is 38.8 Å². The predicted molar refractivity (Wildman–Crippen MR) is 102 cm³/mol. The van der Waals surface area contributed by atoms with Crippen LogP contribution in [0.5, 0.6) is 0 Å². The fourth-order valence-corrected chi connectivity index (χ4v) is 3.72. The van der Waals surface area contributed by atoms with Crippen molar-refractivity contribution in [2.45, 2.75) is 96.2 Å². The molecule has 0 amide bonds. The van der Waals surface area contributed by atoms with Crippen molar-refractivity contribution in [3.63, 3.8) is 0 Å². The number of aliphatic carboxylic acids is 1. The van der Waals surface area contributed by atoms with E-state index in [1.165, 1.54) is 0 Å². The van der Waals surface area contributed by atoms with Crippen LogP contribution in [-0.2, 0) is 9.59 Å². The van der Waals surface area contributed by atoms with Gasteiger partial charge in [-0.05, 0) is 32.6 Å². The van der Waals surface area contributed by atoms with Gasteiger partial charge in [0.2, 0.25) is 0 Å². The van der Waals surface area contributed by atoms with E-state index in [0.29, 0.717) is 12.8 Å². The van der Waals surface area contributed by atoms with Gasteiger partial charge in [0.25, 0.3) is 0 Å². The molecule has 5 nitrogen and oxygen atoms in total. The maximum atomic E-state index is 12.2. The number of Topliss-reactive ketones (excluding diaryl/α,β-unsaturated/α-hetero) is 1. The van der Waals surface area contributed by atoms with Crippen molar-refractivity contribution in [1.82, 2.24) is 0 Å². The van der Waals surface area contributed by atoms with E-state index < -0.39 is 17.7 Å². The molecule has 0 heterocycles. The van der Waals surface area contributed by atoms with Gasteiger partial charge in [-0.1, -0.05) is 51.2 Å². The van der Waals surface area contributed by atoms with Gasteiger partial charge in [-0.15, -0.1) is 0 Å². The Bertz CT molecular complexity index is 469. The molecule has 1 aliphatic carbocycles. The van der Waals surface area contributed by atoms with Gasteiger partial charge in [-0.3, -0.25) is 9.59 Å². The van der Waals surface area contributed by atoms with Crippen molar-refractivity contribution in [2.24, 2.45) is 11.8 Å².